The molecule has 0 spiro atoms. The Bertz CT molecular complexity index is 363. The number of phenolic OH excluding ortho intramolecular Hbond substituents is 1. The van der Waals surface area contributed by atoms with Gasteiger partial charge in [0.1, 0.15) is 5.75 Å². The maximum Gasteiger partial charge on any atom is 0.133 e. The van der Waals surface area contributed by atoms with Gasteiger partial charge in [-0.2, -0.15) is 0 Å². The van der Waals surface area contributed by atoms with Crippen molar-refractivity contribution in [3.8, 4) is 5.75 Å². The fraction of sp³-hybridized carbons (Fsp3) is 0.500. The molecule has 3 heteroatoms. The predicted molar refractivity (Wildman–Crippen MR) is 67.4 cm³/mol. The van der Waals surface area contributed by atoms with Crippen LogP contribution in [0.4, 0.5) is 0 Å². The van der Waals surface area contributed by atoms with Crippen molar-refractivity contribution < 1.29 is 5.11 Å². The summed E-state index contributed by atoms with van der Waals surface area (Å²) < 4.78 is 0.798. The number of aromatic hydroxyl groups is 1. The number of nitrogens with two attached hydrogens (primary N) is 1. The molecule has 0 radical (unpaired) electrons. The zero-order chi connectivity index (χ0) is 11.6. The van der Waals surface area contributed by atoms with Gasteiger partial charge in [0.25, 0.3) is 0 Å². The van der Waals surface area contributed by atoms with Crippen LogP contribution in [0.5, 0.6) is 5.75 Å². The summed E-state index contributed by atoms with van der Waals surface area (Å²) in [7, 11) is 0. The van der Waals surface area contributed by atoms with Crippen LogP contribution in [-0.2, 0) is 0 Å². The maximum absolute atomic E-state index is 10.1. The Morgan fingerprint density at radius 2 is 2.00 bits per heavy atom. The van der Waals surface area contributed by atoms with Crippen LogP contribution in [0.3, 0.4) is 0 Å². The minimum absolute atomic E-state index is 0.298. The molecule has 1 aromatic rings. The fourth-order valence-electron chi connectivity index (χ4n) is 1.97. The number of hydrogen-bond acceptors (Lipinski definition) is 2. The third-order valence-electron chi connectivity index (χ3n) is 2.76. The normalized spacial score (nSPS) is 12.9. The van der Waals surface area contributed by atoms with E-state index in [0.717, 1.165) is 27.6 Å². The second-order valence-corrected chi connectivity index (χ2v) is 4.86. The van der Waals surface area contributed by atoms with E-state index in [0.29, 0.717) is 18.2 Å². The van der Waals surface area contributed by atoms with Crippen molar-refractivity contribution in [3.05, 3.63) is 27.2 Å². The summed E-state index contributed by atoms with van der Waals surface area (Å²) in [4.78, 5) is 0. The van der Waals surface area contributed by atoms with E-state index in [-0.39, 0.29) is 0 Å². The largest absolute Gasteiger partial charge is 0.506 e. The molecule has 0 saturated heterocycles. The summed E-state index contributed by atoms with van der Waals surface area (Å²) in [6.07, 6.45) is 0.893. The average molecular weight is 272 g/mol. The van der Waals surface area contributed by atoms with E-state index >= 15 is 0 Å². The first-order valence-corrected chi connectivity index (χ1v) is 5.97. The molecule has 3 N–H and O–H groups in total. The number of phenols is 1. The summed E-state index contributed by atoms with van der Waals surface area (Å²) in [5.41, 5.74) is 8.75. The smallest absolute Gasteiger partial charge is 0.133 e. The van der Waals surface area contributed by atoms with Gasteiger partial charge >= 0.3 is 0 Å². The van der Waals surface area contributed by atoms with E-state index in [2.05, 4.69) is 28.9 Å². The Morgan fingerprint density at radius 1 is 1.40 bits per heavy atom. The lowest BCUT2D eigenvalue weighted by atomic mass is 9.91. The van der Waals surface area contributed by atoms with Crippen molar-refractivity contribution in [2.45, 2.75) is 33.1 Å². The average Bonchev–Trinajstić information content (AvgIpc) is 2.15. The Hall–Kier alpha value is -0.540. The van der Waals surface area contributed by atoms with Gasteiger partial charge in [0.05, 0.1) is 4.47 Å². The highest BCUT2D eigenvalue weighted by Crippen LogP contribution is 2.38. The van der Waals surface area contributed by atoms with Gasteiger partial charge in [-0.05, 0) is 59.8 Å². The molecular formula is C12H18BrNO. The molecule has 1 aromatic carbocycles. The highest BCUT2D eigenvalue weighted by Gasteiger charge is 2.16. The topological polar surface area (TPSA) is 46.2 Å². The first-order chi connectivity index (χ1) is 6.99. The van der Waals surface area contributed by atoms with E-state index in [1.54, 1.807) is 0 Å². The molecule has 0 amide bonds. The first kappa shape index (κ1) is 12.5. The number of hydrogen-bond donors (Lipinski definition) is 2. The SMILES string of the molecule is Cc1cc(C)c(C(C)CCN)c(O)c1Br. The molecular weight excluding hydrogens is 254 g/mol. The van der Waals surface area contributed by atoms with Crippen LogP contribution in [0.25, 0.3) is 0 Å². The van der Waals surface area contributed by atoms with E-state index in [1.165, 1.54) is 0 Å². The summed E-state index contributed by atoms with van der Waals surface area (Å²) in [5, 5.41) is 10.1. The van der Waals surface area contributed by atoms with Gasteiger partial charge in [-0.3, -0.25) is 0 Å². The zero-order valence-electron chi connectivity index (χ0n) is 9.47. The van der Waals surface area contributed by atoms with Gasteiger partial charge in [0, 0.05) is 5.56 Å². The van der Waals surface area contributed by atoms with Crippen molar-refractivity contribution in [2.75, 3.05) is 6.54 Å². The van der Waals surface area contributed by atoms with Gasteiger partial charge < -0.3 is 10.8 Å². The minimum atomic E-state index is 0.298. The predicted octanol–water partition coefficient (Wildman–Crippen LogP) is 3.22. The second-order valence-electron chi connectivity index (χ2n) is 4.07. The van der Waals surface area contributed by atoms with Gasteiger partial charge in [-0.25, -0.2) is 0 Å². The number of halogens is 1. The highest BCUT2D eigenvalue weighted by atomic mass is 79.9. The molecule has 84 valence electrons. The number of rotatable bonds is 3. The van der Waals surface area contributed by atoms with Crippen LogP contribution in [0, 0.1) is 13.8 Å². The molecule has 1 atom stereocenters. The Balaban J connectivity index is 3.23. The third-order valence-corrected chi connectivity index (χ3v) is 3.76. The Kier molecular flexibility index (Phi) is 4.17. The Morgan fingerprint density at radius 3 is 2.53 bits per heavy atom. The molecule has 2 nitrogen and oxygen atoms in total. The second kappa shape index (κ2) is 4.99. The molecule has 0 fully saturated rings. The van der Waals surface area contributed by atoms with Crippen LogP contribution in [0.15, 0.2) is 10.5 Å². The van der Waals surface area contributed by atoms with Crippen LogP contribution < -0.4 is 5.73 Å². The third kappa shape index (κ3) is 2.52. The number of benzene rings is 1. The van der Waals surface area contributed by atoms with Crippen molar-refractivity contribution in [3.63, 3.8) is 0 Å². The summed E-state index contributed by atoms with van der Waals surface area (Å²) in [6, 6.07) is 2.09. The fourth-order valence-corrected chi connectivity index (χ4v) is 2.30. The molecule has 0 aliphatic rings. The van der Waals surface area contributed by atoms with Gasteiger partial charge in [0.2, 0.25) is 0 Å². The molecule has 1 unspecified atom stereocenters. The van der Waals surface area contributed by atoms with Crippen LogP contribution in [-0.4, -0.2) is 11.7 Å². The van der Waals surface area contributed by atoms with Gasteiger partial charge in [0.15, 0.2) is 0 Å². The molecule has 1 rings (SSSR count). The molecule has 15 heavy (non-hydrogen) atoms. The lowest BCUT2D eigenvalue weighted by molar-refractivity contribution is 0.456. The summed E-state index contributed by atoms with van der Waals surface area (Å²) in [6.45, 7) is 6.75. The number of aryl methyl sites for hydroxylation is 2. The summed E-state index contributed by atoms with van der Waals surface area (Å²) in [5.74, 6) is 0.667. The molecule has 0 bridgehead atoms. The molecule has 0 saturated carbocycles. The standard InChI is InChI=1S/C12H18BrNO/c1-7(4-5-14)10-8(2)6-9(3)11(13)12(10)15/h6-7,15H,4-5,14H2,1-3H3. The lowest BCUT2D eigenvalue weighted by Crippen LogP contribution is -2.06. The zero-order valence-corrected chi connectivity index (χ0v) is 11.1. The van der Waals surface area contributed by atoms with Gasteiger partial charge in [-0.15, -0.1) is 0 Å². The monoisotopic (exact) mass is 271 g/mol. The highest BCUT2D eigenvalue weighted by molar-refractivity contribution is 9.10. The molecule has 0 aromatic heterocycles. The van der Waals surface area contributed by atoms with E-state index in [1.807, 2.05) is 13.8 Å². The van der Waals surface area contributed by atoms with Crippen LogP contribution in [0.2, 0.25) is 0 Å². The van der Waals surface area contributed by atoms with Crippen molar-refractivity contribution in [1.82, 2.24) is 0 Å². The maximum atomic E-state index is 10.1. The summed E-state index contributed by atoms with van der Waals surface area (Å²) >= 11 is 3.40. The van der Waals surface area contributed by atoms with E-state index in [4.69, 9.17) is 5.73 Å². The van der Waals surface area contributed by atoms with Crippen molar-refractivity contribution >= 4 is 15.9 Å². The first-order valence-electron chi connectivity index (χ1n) is 5.17. The quantitative estimate of drug-likeness (QED) is 0.887. The lowest BCUT2D eigenvalue weighted by Gasteiger charge is -2.18. The van der Waals surface area contributed by atoms with Crippen LogP contribution in [0.1, 0.15) is 36.0 Å². The van der Waals surface area contributed by atoms with E-state index in [9.17, 15) is 5.11 Å². The molecule has 0 aliphatic heterocycles. The van der Waals surface area contributed by atoms with E-state index < -0.39 is 0 Å². The van der Waals surface area contributed by atoms with Crippen molar-refractivity contribution in [2.24, 2.45) is 5.73 Å². The molecule has 0 aliphatic carbocycles. The minimum Gasteiger partial charge on any atom is -0.506 e. The van der Waals surface area contributed by atoms with Crippen LogP contribution >= 0.6 is 15.9 Å². The van der Waals surface area contributed by atoms with Gasteiger partial charge in [-0.1, -0.05) is 13.0 Å². The van der Waals surface area contributed by atoms with Crippen molar-refractivity contribution in [1.29, 1.82) is 0 Å². The Labute approximate surface area is 99.6 Å². The molecule has 0 heterocycles.